The van der Waals surface area contributed by atoms with Crippen molar-refractivity contribution in [3.8, 4) is 0 Å². The predicted molar refractivity (Wildman–Crippen MR) is 76.6 cm³/mol. The summed E-state index contributed by atoms with van der Waals surface area (Å²) in [4.78, 5) is 11.8. The van der Waals surface area contributed by atoms with Gasteiger partial charge in [0.15, 0.2) is 0 Å². The number of unbranched alkanes of at least 4 members (excludes halogenated alkanes) is 2. The highest BCUT2D eigenvalue weighted by molar-refractivity contribution is 9.10. The Balaban J connectivity index is 2.32. The lowest BCUT2D eigenvalue weighted by molar-refractivity contribution is 0.0953. The highest BCUT2D eigenvalue weighted by atomic mass is 79.9. The van der Waals surface area contributed by atoms with Crippen LogP contribution >= 0.6 is 15.9 Å². The molecule has 0 radical (unpaired) electrons. The number of carbonyl (C=O) groups is 1. The maximum absolute atomic E-state index is 11.8. The van der Waals surface area contributed by atoms with Crippen molar-refractivity contribution in [3.63, 3.8) is 0 Å². The quantitative estimate of drug-likeness (QED) is 0.600. The smallest absolute Gasteiger partial charge is 0.253 e. The van der Waals surface area contributed by atoms with E-state index in [0.717, 1.165) is 30.3 Å². The number of ether oxygens (including phenoxy) is 1. The van der Waals surface area contributed by atoms with Crippen molar-refractivity contribution < 1.29 is 9.53 Å². The molecule has 0 aromatic heterocycles. The van der Waals surface area contributed by atoms with Crippen LogP contribution < -0.4 is 11.1 Å². The molecule has 0 aliphatic rings. The first-order chi connectivity index (χ1) is 8.65. The lowest BCUT2D eigenvalue weighted by atomic mass is 10.1. The molecule has 1 aromatic carbocycles. The molecule has 18 heavy (non-hydrogen) atoms. The maximum atomic E-state index is 11.8. The van der Waals surface area contributed by atoms with Crippen molar-refractivity contribution in [1.82, 2.24) is 5.32 Å². The number of hydrogen-bond donors (Lipinski definition) is 2. The topological polar surface area (TPSA) is 64.3 Å². The zero-order valence-corrected chi connectivity index (χ0v) is 12.1. The Bertz CT molecular complexity index is 397. The van der Waals surface area contributed by atoms with Gasteiger partial charge in [0.05, 0.1) is 5.56 Å². The Hall–Kier alpha value is -1.07. The average Bonchev–Trinajstić information content (AvgIpc) is 2.33. The molecular formula is C13H19BrN2O2. The molecule has 0 unspecified atom stereocenters. The molecule has 0 heterocycles. The van der Waals surface area contributed by atoms with Gasteiger partial charge in [-0.2, -0.15) is 0 Å². The molecule has 0 bridgehead atoms. The molecule has 3 N–H and O–H groups in total. The van der Waals surface area contributed by atoms with Gasteiger partial charge >= 0.3 is 0 Å². The minimum atomic E-state index is -0.119. The van der Waals surface area contributed by atoms with E-state index >= 15 is 0 Å². The predicted octanol–water partition coefficient (Wildman–Crippen LogP) is 2.58. The zero-order chi connectivity index (χ0) is 13.4. The third kappa shape index (κ3) is 5.06. The number of methoxy groups -OCH3 is 1. The summed E-state index contributed by atoms with van der Waals surface area (Å²) in [6.45, 7) is 1.44. The summed E-state index contributed by atoms with van der Waals surface area (Å²) in [7, 11) is 1.69. The molecule has 1 rings (SSSR count). The third-order valence-corrected chi connectivity index (χ3v) is 3.06. The van der Waals surface area contributed by atoms with E-state index in [1.54, 1.807) is 19.2 Å². The van der Waals surface area contributed by atoms with Gasteiger partial charge < -0.3 is 15.8 Å². The largest absolute Gasteiger partial charge is 0.398 e. The molecule has 0 atom stereocenters. The highest BCUT2D eigenvalue weighted by Gasteiger charge is 2.08. The van der Waals surface area contributed by atoms with Crippen molar-refractivity contribution in [2.45, 2.75) is 19.3 Å². The highest BCUT2D eigenvalue weighted by Crippen LogP contribution is 2.18. The monoisotopic (exact) mass is 314 g/mol. The lowest BCUT2D eigenvalue weighted by Gasteiger charge is -2.07. The van der Waals surface area contributed by atoms with Gasteiger partial charge in [-0.1, -0.05) is 15.9 Å². The van der Waals surface area contributed by atoms with Gasteiger partial charge in [-0.05, 0) is 37.5 Å². The Kier molecular flexibility index (Phi) is 6.75. The second kappa shape index (κ2) is 8.11. The summed E-state index contributed by atoms with van der Waals surface area (Å²) in [5.74, 6) is -0.119. The summed E-state index contributed by atoms with van der Waals surface area (Å²) < 4.78 is 5.83. The summed E-state index contributed by atoms with van der Waals surface area (Å²) in [5, 5.41) is 2.86. The van der Waals surface area contributed by atoms with Crippen molar-refractivity contribution in [1.29, 1.82) is 0 Å². The minimum Gasteiger partial charge on any atom is -0.398 e. The summed E-state index contributed by atoms with van der Waals surface area (Å²) in [5.41, 5.74) is 6.80. The number of benzene rings is 1. The standard InChI is InChI=1S/C13H19BrN2O2/c1-18-8-4-2-3-7-16-13(17)11-6-5-10(14)9-12(11)15/h5-6,9H,2-4,7-8,15H2,1H3,(H,16,17). The number of rotatable bonds is 7. The normalized spacial score (nSPS) is 10.3. The SMILES string of the molecule is COCCCCCNC(=O)c1ccc(Br)cc1N. The number of carbonyl (C=O) groups excluding carboxylic acids is 1. The molecule has 0 fully saturated rings. The molecule has 0 saturated carbocycles. The summed E-state index contributed by atoms with van der Waals surface area (Å²) in [6.07, 6.45) is 3.02. The molecule has 4 nitrogen and oxygen atoms in total. The Labute approximate surface area is 116 Å². The van der Waals surface area contributed by atoms with Gasteiger partial charge in [0.25, 0.3) is 5.91 Å². The Morgan fingerprint density at radius 1 is 1.39 bits per heavy atom. The van der Waals surface area contributed by atoms with E-state index in [9.17, 15) is 4.79 Å². The summed E-state index contributed by atoms with van der Waals surface area (Å²) >= 11 is 3.31. The van der Waals surface area contributed by atoms with Crippen LogP contribution in [0.25, 0.3) is 0 Å². The van der Waals surface area contributed by atoms with E-state index in [-0.39, 0.29) is 5.91 Å². The second-order valence-corrected chi connectivity index (χ2v) is 4.96. The molecule has 0 spiro atoms. The molecule has 0 saturated heterocycles. The van der Waals surface area contributed by atoms with Gasteiger partial charge in [-0.25, -0.2) is 0 Å². The van der Waals surface area contributed by atoms with E-state index in [2.05, 4.69) is 21.2 Å². The number of nitrogen functional groups attached to an aromatic ring is 1. The molecule has 5 heteroatoms. The number of nitrogens with two attached hydrogens (primary N) is 1. The lowest BCUT2D eigenvalue weighted by Crippen LogP contribution is -2.25. The van der Waals surface area contributed by atoms with Crippen molar-refractivity contribution in [3.05, 3.63) is 28.2 Å². The van der Waals surface area contributed by atoms with E-state index in [1.165, 1.54) is 0 Å². The first kappa shape index (κ1) is 15.0. The van der Waals surface area contributed by atoms with E-state index in [4.69, 9.17) is 10.5 Å². The summed E-state index contributed by atoms with van der Waals surface area (Å²) in [6, 6.07) is 5.26. The molecule has 100 valence electrons. The Morgan fingerprint density at radius 2 is 2.17 bits per heavy atom. The average molecular weight is 315 g/mol. The van der Waals surface area contributed by atoms with Crippen LogP contribution in [0.15, 0.2) is 22.7 Å². The van der Waals surface area contributed by atoms with Crippen LogP contribution in [0.1, 0.15) is 29.6 Å². The van der Waals surface area contributed by atoms with Crippen molar-refractivity contribution >= 4 is 27.5 Å². The van der Waals surface area contributed by atoms with Crippen LogP contribution in [0.3, 0.4) is 0 Å². The van der Waals surface area contributed by atoms with Gasteiger partial charge in [0.2, 0.25) is 0 Å². The van der Waals surface area contributed by atoms with Crippen LogP contribution in [0.5, 0.6) is 0 Å². The first-order valence-corrected chi connectivity index (χ1v) is 6.76. The van der Waals surface area contributed by atoms with Crippen molar-refractivity contribution in [2.75, 3.05) is 26.0 Å². The van der Waals surface area contributed by atoms with Gasteiger partial charge in [0.1, 0.15) is 0 Å². The van der Waals surface area contributed by atoms with Gasteiger partial charge in [-0.3, -0.25) is 4.79 Å². The number of amides is 1. The van der Waals surface area contributed by atoms with Gasteiger partial charge in [0, 0.05) is 30.4 Å². The van der Waals surface area contributed by atoms with Crippen LogP contribution in [-0.2, 0) is 4.74 Å². The van der Waals surface area contributed by atoms with Crippen LogP contribution in [-0.4, -0.2) is 26.2 Å². The molecule has 1 amide bonds. The fraction of sp³-hybridized carbons (Fsp3) is 0.462. The number of anilines is 1. The zero-order valence-electron chi connectivity index (χ0n) is 10.5. The Morgan fingerprint density at radius 3 is 2.83 bits per heavy atom. The number of hydrogen-bond acceptors (Lipinski definition) is 3. The molecule has 0 aliphatic heterocycles. The fourth-order valence-electron chi connectivity index (χ4n) is 1.59. The van der Waals surface area contributed by atoms with E-state index in [0.29, 0.717) is 17.8 Å². The second-order valence-electron chi connectivity index (χ2n) is 4.04. The fourth-order valence-corrected chi connectivity index (χ4v) is 1.96. The minimum absolute atomic E-state index is 0.119. The molecular weight excluding hydrogens is 296 g/mol. The molecule has 0 aliphatic carbocycles. The molecule has 1 aromatic rings. The van der Waals surface area contributed by atoms with Crippen molar-refractivity contribution in [2.24, 2.45) is 0 Å². The number of halogens is 1. The van der Waals surface area contributed by atoms with Crippen LogP contribution in [0.2, 0.25) is 0 Å². The van der Waals surface area contributed by atoms with Crippen LogP contribution in [0, 0.1) is 0 Å². The maximum Gasteiger partial charge on any atom is 0.253 e. The number of nitrogens with one attached hydrogen (secondary N) is 1. The van der Waals surface area contributed by atoms with Crippen LogP contribution in [0.4, 0.5) is 5.69 Å². The van der Waals surface area contributed by atoms with E-state index < -0.39 is 0 Å². The first-order valence-electron chi connectivity index (χ1n) is 5.97. The van der Waals surface area contributed by atoms with E-state index in [1.807, 2.05) is 6.07 Å². The van der Waals surface area contributed by atoms with Gasteiger partial charge in [-0.15, -0.1) is 0 Å². The third-order valence-electron chi connectivity index (χ3n) is 2.57.